The van der Waals surface area contributed by atoms with Gasteiger partial charge in [0.1, 0.15) is 0 Å². The van der Waals surface area contributed by atoms with E-state index < -0.39 is 5.97 Å². The predicted octanol–water partition coefficient (Wildman–Crippen LogP) is 6.29. The fourth-order valence-corrected chi connectivity index (χ4v) is 4.34. The van der Waals surface area contributed by atoms with E-state index in [0.29, 0.717) is 16.6 Å². The van der Waals surface area contributed by atoms with E-state index in [9.17, 15) is 4.79 Å². The molecule has 1 heterocycles. The summed E-state index contributed by atoms with van der Waals surface area (Å²) >= 11 is 6.60. The van der Waals surface area contributed by atoms with Crippen molar-refractivity contribution in [3.63, 3.8) is 0 Å². The molecule has 0 fully saturated rings. The van der Waals surface area contributed by atoms with Gasteiger partial charge in [-0.15, -0.1) is 0 Å². The molecule has 28 heavy (non-hydrogen) atoms. The van der Waals surface area contributed by atoms with Crippen LogP contribution in [0.25, 0.3) is 0 Å². The Morgan fingerprint density at radius 2 is 2.11 bits per heavy atom. The van der Waals surface area contributed by atoms with Crippen LogP contribution >= 0.6 is 11.6 Å². The molecule has 0 bridgehead atoms. The highest BCUT2D eigenvalue weighted by molar-refractivity contribution is 6.33. The van der Waals surface area contributed by atoms with Crippen LogP contribution < -0.4 is 4.90 Å². The number of nitrogens with zero attached hydrogens (tertiary/aromatic N) is 2. The molecule has 1 N–H and O–H groups in total. The zero-order chi connectivity index (χ0) is 20.5. The zero-order valence-corrected chi connectivity index (χ0v) is 17.6. The standard InChI is InChI=1S/C23H27ClN2O2/c1-5-9-26-21-12-20(24)17(11-19(21)15(2)13-23(26,3)4)14-25-18-8-6-7-16(10-18)22(27)28/h6-8,10-12,14-15H,5,9,13H2,1-4H3,(H,27,28). The zero-order valence-electron chi connectivity index (χ0n) is 16.9. The number of hydrogen-bond acceptors (Lipinski definition) is 3. The van der Waals surface area contributed by atoms with Gasteiger partial charge in [-0.2, -0.15) is 0 Å². The van der Waals surface area contributed by atoms with Gasteiger partial charge in [-0.3, -0.25) is 4.99 Å². The number of benzene rings is 2. The minimum absolute atomic E-state index is 0.0959. The van der Waals surface area contributed by atoms with Gasteiger partial charge in [-0.25, -0.2) is 4.79 Å². The predicted molar refractivity (Wildman–Crippen MR) is 117 cm³/mol. The average molecular weight is 399 g/mol. The number of carboxylic acids is 1. The van der Waals surface area contributed by atoms with Crippen molar-refractivity contribution in [1.82, 2.24) is 0 Å². The molecule has 0 amide bonds. The monoisotopic (exact) mass is 398 g/mol. The largest absolute Gasteiger partial charge is 0.478 e. The molecule has 0 aromatic heterocycles. The van der Waals surface area contributed by atoms with Crippen molar-refractivity contribution in [3.05, 3.63) is 58.1 Å². The molecule has 1 unspecified atom stereocenters. The molecule has 3 rings (SSSR count). The number of carbonyl (C=O) groups is 1. The number of anilines is 1. The molecule has 0 spiro atoms. The Morgan fingerprint density at radius 3 is 2.79 bits per heavy atom. The van der Waals surface area contributed by atoms with Crippen LogP contribution in [-0.4, -0.2) is 29.4 Å². The summed E-state index contributed by atoms with van der Waals surface area (Å²) in [6, 6.07) is 10.8. The van der Waals surface area contributed by atoms with E-state index >= 15 is 0 Å². The summed E-state index contributed by atoms with van der Waals surface area (Å²) in [6.07, 6.45) is 3.89. The number of carboxylic acid groups (broad SMARTS) is 1. The summed E-state index contributed by atoms with van der Waals surface area (Å²) in [5, 5.41) is 9.79. The second-order valence-electron chi connectivity index (χ2n) is 8.12. The fraction of sp³-hybridized carbons (Fsp3) is 0.391. The first kappa shape index (κ1) is 20.4. The Hall–Kier alpha value is -2.33. The molecule has 148 valence electrons. The summed E-state index contributed by atoms with van der Waals surface area (Å²) in [5.41, 5.74) is 4.26. The number of fused-ring (bicyclic) bond motifs is 1. The maximum Gasteiger partial charge on any atom is 0.335 e. The first-order chi connectivity index (χ1) is 13.2. The number of halogens is 1. The van der Waals surface area contributed by atoms with E-state index in [1.54, 1.807) is 30.5 Å². The van der Waals surface area contributed by atoms with Crippen molar-refractivity contribution in [2.24, 2.45) is 4.99 Å². The van der Waals surface area contributed by atoms with Crippen LogP contribution in [-0.2, 0) is 0 Å². The number of rotatable bonds is 5. The maximum atomic E-state index is 11.1. The van der Waals surface area contributed by atoms with Crippen molar-refractivity contribution in [2.45, 2.75) is 52.0 Å². The van der Waals surface area contributed by atoms with Crippen LogP contribution in [0.1, 0.15) is 67.9 Å². The third kappa shape index (κ3) is 4.07. The Labute approximate surface area is 171 Å². The lowest BCUT2D eigenvalue weighted by molar-refractivity contribution is 0.0697. The second kappa shape index (κ2) is 7.96. The number of aliphatic imine (C=N–C) groups is 1. The summed E-state index contributed by atoms with van der Waals surface area (Å²) in [7, 11) is 0. The van der Waals surface area contributed by atoms with E-state index in [1.165, 1.54) is 11.3 Å². The van der Waals surface area contributed by atoms with Crippen molar-refractivity contribution >= 4 is 35.2 Å². The summed E-state index contributed by atoms with van der Waals surface area (Å²) in [6.45, 7) is 10.0. The van der Waals surface area contributed by atoms with Gasteiger partial charge in [0.05, 0.1) is 16.3 Å². The van der Waals surface area contributed by atoms with Gasteiger partial charge >= 0.3 is 5.97 Å². The number of aromatic carboxylic acids is 1. The van der Waals surface area contributed by atoms with Gasteiger partial charge in [0.15, 0.2) is 0 Å². The summed E-state index contributed by atoms with van der Waals surface area (Å²) < 4.78 is 0. The molecule has 1 aliphatic rings. The van der Waals surface area contributed by atoms with Gasteiger partial charge in [0, 0.05) is 29.5 Å². The topological polar surface area (TPSA) is 52.9 Å². The minimum Gasteiger partial charge on any atom is -0.478 e. The Bertz CT molecular complexity index is 921. The molecule has 0 saturated carbocycles. The molecule has 0 aliphatic carbocycles. The Morgan fingerprint density at radius 1 is 1.36 bits per heavy atom. The van der Waals surface area contributed by atoms with Crippen LogP contribution in [0.15, 0.2) is 41.4 Å². The van der Waals surface area contributed by atoms with Crippen molar-refractivity contribution in [3.8, 4) is 0 Å². The normalized spacial score (nSPS) is 18.3. The van der Waals surface area contributed by atoms with Crippen LogP contribution in [0.5, 0.6) is 0 Å². The van der Waals surface area contributed by atoms with E-state index in [-0.39, 0.29) is 11.1 Å². The van der Waals surface area contributed by atoms with Crippen molar-refractivity contribution in [1.29, 1.82) is 0 Å². The van der Waals surface area contributed by atoms with E-state index in [0.717, 1.165) is 24.9 Å². The van der Waals surface area contributed by atoms with Crippen LogP contribution in [0, 0.1) is 0 Å². The Kier molecular flexibility index (Phi) is 5.80. The van der Waals surface area contributed by atoms with Gasteiger partial charge in [0.25, 0.3) is 0 Å². The lowest BCUT2D eigenvalue weighted by atomic mass is 9.79. The third-order valence-electron chi connectivity index (χ3n) is 5.40. The van der Waals surface area contributed by atoms with Crippen LogP contribution in [0.4, 0.5) is 11.4 Å². The second-order valence-corrected chi connectivity index (χ2v) is 8.52. The Balaban J connectivity index is 1.98. The molecule has 0 saturated heterocycles. The van der Waals surface area contributed by atoms with Gasteiger partial charge < -0.3 is 10.0 Å². The molecule has 2 aromatic rings. The van der Waals surface area contributed by atoms with E-state index in [2.05, 4.69) is 49.7 Å². The molecule has 0 radical (unpaired) electrons. The smallest absolute Gasteiger partial charge is 0.335 e. The van der Waals surface area contributed by atoms with Crippen LogP contribution in [0.2, 0.25) is 5.02 Å². The lowest BCUT2D eigenvalue weighted by Crippen LogP contribution is -2.48. The highest BCUT2D eigenvalue weighted by Gasteiger charge is 2.36. The maximum absolute atomic E-state index is 11.1. The summed E-state index contributed by atoms with van der Waals surface area (Å²) in [4.78, 5) is 18.1. The SMILES string of the molecule is CCCN1c2cc(Cl)c(C=Nc3cccc(C(=O)O)c3)cc2C(C)CC1(C)C. The van der Waals surface area contributed by atoms with Crippen molar-refractivity contribution < 1.29 is 9.90 Å². The van der Waals surface area contributed by atoms with Crippen LogP contribution in [0.3, 0.4) is 0 Å². The fourth-order valence-electron chi connectivity index (χ4n) is 4.13. The number of hydrogen-bond donors (Lipinski definition) is 1. The molecule has 4 nitrogen and oxygen atoms in total. The molecular formula is C23H27ClN2O2. The lowest BCUT2D eigenvalue weighted by Gasteiger charge is -2.47. The highest BCUT2D eigenvalue weighted by atomic mass is 35.5. The average Bonchev–Trinajstić information content (AvgIpc) is 2.63. The highest BCUT2D eigenvalue weighted by Crippen LogP contribution is 2.45. The molecule has 1 atom stereocenters. The van der Waals surface area contributed by atoms with Gasteiger partial charge in [-0.1, -0.05) is 31.5 Å². The molecule has 2 aromatic carbocycles. The van der Waals surface area contributed by atoms with E-state index in [4.69, 9.17) is 16.7 Å². The van der Waals surface area contributed by atoms with Crippen molar-refractivity contribution in [2.75, 3.05) is 11.4 Å². The first-order valence-corrected chi connectivity index (χ1v) is 10.1. The van der Waals surface area contributed by atoms with E-state index in [1.807, 2.05) is 0 Å². The van der Waals surface area contributed by atoms with Gasteiger partial charge in [-0.05, 0) is 68.5 Å². The third-order valence-corrected chi connectivity index (χ3v) is 5.72. The minimum atomic E-state index is -0.962. The molecule has 5 heteroatoms. The molecule has 1 aliphatic heterocycles. The molecular weight excluding hydrogens is 372 g/mol. The summed E-state index contributed by atoms with van der Waals surface area (Å²) in [5.74, 6) is -0.533. The first-order valence-electron chi connectivity index (χ1n) is 9.71. The van der Waals surface area contributed by atoms with Gasteiger partial charge in [0.2, 0.25) is 0 Å². The quantitative estimate of drug-likeness (QED) is 0.602.